The summed E-state index contributed by atoms with van der Waals surface area (Å²) < 4.78 is 11.0. The summed E-state index contributed by atoms with van der Waals surface area (Å²) in [5, 5.41) is 15.4. The van der Waals surface area contributed by atoms with Crippen LogP contribution in [0.2, 0.25) is 10.0 Å². The zero-order valence-electron chi connectivity index (χ0n) is 14.6. The molecule has 28 heavy (non-hydrogen) atoms. The molecule has 2 N–H and O–H groups in total. The number of para-hydroxylation sites is 1. The van der Waals surface area contributed by atoms with E-state index in [-0.39, 0.29) is 19.1 Å². The van der Waals surface area contributed by atoms with Crippen LogP contribution in [-0.2, 0) is 0 Å². The molecule has 2 aromatic carbocycles. The van der Waals surface area contributed by atoms with Gasteiger partial charge in [0.15, 0.2) is 5.75 Å². The zero-order valence-corrected chi connectivity index (χ0v) is 16.9. The second-order valence-electron chi connectivity index (χ2n) is 5.78. The van der Waals surface area contributed by atoms with Gasteiger partial charge in [-0.25, -0.2) is 0 Å². The molecule has 0 aliphatic rings. The number of thiophene rings is 1. The van der Waals surface area contributed by atoms with Gasteiger partial charge in [-0.15, -0.1) is 11.3 Å². The average molecular weight is 438 g/mol. The van der Waals surface area contributed by atoms with Crippen molar-refractivity contribution in [3.63, 3.8) is 0 Å². The number of ether oxygens (including phenoxy) is 2. The normalized spacial score (nSPS) is 11.7. The fourth-order valence-corrected chi connectivity index (χ4v) is 3.40. The first-order chi connectivity index (χ1) is 13.5. The molecule has 3 aromatic rings. The highest BCUT2D eigenvalue weighted by molar-refractivity contribution is 7.12. The van der Waals surface area contributed by atoms with Gasteiger partial charge in [-0.05, 0) is 47.8 Å². The summed E-state index contributed by atoms with van der Waals surface area (Å²) in [7, 11) is 0. The van der Waals surface area contributed by atoms with Gasteiger partial charge in [0.1, 0.15) is 25.1 Å². The minimum atomic E-state index is -0.870. The fourth-order valence-electron chi connectivity index (χ4n) is 2.28. The molecule has 3 rings (SSSR count). The summed E-state index contributed by atoms with van der Waals surface area (Å²) >= 11 is 13.4. The van der Waals surface area contributed by atoms with E-state index in [4.69, 9.17) is 32.7 Å². The van der Waals surface area contributed by atoms with E-state index in [1.165, 1.54) is 11.3 Å². The van der Waals surface area contributed by atoms with Crippen LogP contribution in [0, 0.1) is 0 Å². The van der Waals surface area contributed by atoms with E-state index in [0.29, 0.717) is 32.1 Å². The SMILES string of the molecule is O=C(Nc1ccc(OCC(O)COc2c(Cl)cccc2Cl)cc1)c1cccs1. The van der Waals surface area contributed by atoms with Gasteiger partial charge in [0.2, 0.25) is 0 Å². The maximum atomic E-state index is 12.0. The van der Waals surface area contributed by atoms with Crippen molar-refractivity contribution in [3.05, 3.63) is 74.9 Å². The Morgan fingerprint density at radius 1 is 1.00 bits per heavy atom. The van der Waals surface area contributed by atoms with E-state index in [1.807, 2.05) is 11.4 Å². The Kier molecular flexibility index (Phi) is 7.17. The van der Waals surface area contributed by atoms with E-state index in [0.717, 1.165) is 0 Å². The molecule has 1 unspecified atom stereocenters. The van der Waals surface area contributed by atoms with Crippen molar-refractivity contribution in [2.24, 2.45) is 0 Å². The standard InChI is InChI=1S/C20H17Cl2NO4S/c21-16-3-1-4-17(22)19(16)27-12-14(24)11-26-15-8-6-13(7-9-15)23-20(25)18-5-2-10-28-18/h1-10,14,24H,11-12H2,(H,23,25). The summed E-state index contributed by atoms with van der Waals surface area (Å²) in [5.41, 5.74) is 0.656. The first kappa shape index (κ1) is 20.5. The van der Waals surface area contributed by atoms with Crippen LogP contribution in [0.1, 0.15) is 9.67 Å². The van der Waals surface area contributed by atoms with Crippen molar-refractivity contribution in [2.75, 3.05) is 18.5 Å². The molecule has 1 heterocycles. The van der Waals surface area contributed by atoms with Crippen molar-refractivity contribution in [2.45, 2.75) is 6.10 Å². The molecule has 0 radical (unpaired) electrons. The molecule has 5 nitrogen and oxygen atoms in total. The fraction of sp³-hybridized carbons (Fsp3) is 0.150. The number of rotatable bonds is 8. The number of aliphatic hydroxyl groups excluding tert-OH is 1. The van der Waals surface area contributed by atoms with Crippen molar-refractivity contribution in [1.82, 2.24) is 0 Å². The summed E-state index contributed by atoms with van der Waals surface area (Å²) in [6, 6.07) is 15.5. The maximum absolute atomic E-state index is 12.0. The lowest BCUT2D eigenvalue weighted by Crippen LogP contribution is -2.25. The predicted molar refractivity (Wildman–Crippen MR) is 112 cm³/mol. The van der Waals surface area contributed by atoms with Crippen molar-refractivity contribution >= 4 is 46.1 Å². The van der Waals surface area contributed by atoms with Crippen molar-refractivity contribution in [3.8, 4) is 11.5 Å². The second kappa shape index (κ2) is 9.80. The maximum Gasteiger partial charge on any atom is 0.265 e. The van der Waals surface area contributed by atoms with Crippen LogP contribution >= 0.6 is 34.5 Å². The molecule has 0 fully saturated rings. The highest BCUT2D eigenvalue weighted by Crippen LogP contribution is 2.32. The number of nitrogens with one attached hydrogen (secondary N) is 1. The lowest BCUT2D eigenvalue weighted by atomic mass is 10.3. The Bertz CT molecular complexity index is 896. The van der Waals surface area contributed by atoms with E-state index >= 15 is 0 Å². The van der Waals surface area contributed by atoms with Gasteiger partial charge in [0.05, 0.1) is 14.9 Å². The molecule has 8 heteroatoms. The van der Waals surface area contributed by atoms with Gasteiger partial charge in [0.25, 0.3) is 5.91 Å². The quantitative estimate of drug-likeness (QED) is 0.512. The molecule has 146 valence electrons. The molecule has 0 spiro atoms. The number of anilines is 1. The number of benzene rings is 2. The number of halogens is 2. The molecule has 0 saturated carbocycles. The Balaban J connectivity index is 1.46. The molecule has 1 atom stereocenters. The lowest BCUT2D eigenvalue weighted by molar-refractivity contribution is 0.0627. The molecule has 1 aromatic heterocycles. The molecule has 0 saturated heterocycles. The summed E-state index contributed by atoms with van der Waals surface area (Å²) in [5.74, 6) is 0.731. The third kappa shape index (κ3) is 5.62. The monoisotopic (exact) mass is 437 g/mol. The van der Waals surface area contributed by atoms with Crippen LogP contribution in [-0.4, -0.2) is 30.3 Å². The molecular weight excluding hydrogens is 421 g/mol. The lowest BCUT2D eigenvalue weighted by Gasteiger charge is -2.15. The van der Waals surface area contributed by atoms with Gasteiger partial charge >= 0.3 is 0 Å². The van der Waals surface area contributed by atoms with Crippen LogP contribution in [0.4, 0.5) is 5.69 Å². The van der Waals surface area contributed by atoms with Gasteiger partial charge in [-0.1, -0.05) is 35.3 Å². The number of carbonyl (C=O) groups excluding carboxylic acids is 1. The van der Waals surface area contributed by atoms with Gasteiger partial charge < -0.3 is 19.9 Å². The first-order valence-corrected chi connectivity index (χ1v) is 9.99. The average Bonchev–Trinajstić information content (AvgIpc) is 3.22. The van der Waals surface area contributed by atoms with E-state index in [1.54, 1.807) is 48.5 Å². The largest absolute Gasteiger partial charge is 0.491 e. The number of hydrogen-bond acceptors (Lipinski definition) is 5. The number of carbonyl (C=O) groups is 1. The number of amides is 1. The van der Waals surface area contributed by atoms with E-state index in [2.05, 4.69) is 5.32 Å². The van der Waals surface area contributed by atoms with Crippen LogP contribution < -0.4 is 14.8 Å². The first-order valence-electron chi connectivity index (χ1n) is 8.35. The molecule has 0 bridgehead atoms. The minimum absolute atomic E-state index is 0.0155. The number of hydrogen-bond donors (Lipinski definition) is 2. The van der Waals surface area contributed by atoms with Crippen molar-refractivity contribution in [1.29, 1.82) is 0 Å². The second-order valence-corrected chi connectivity index (χ2v) is 7.54. The third-order valence-corrected chi connectivity index (χ3v) is 5.10. The molecule has 0 aliphatic carbocycles. The van der Waals surface area contributed by atoms with Crippen LogP contribution in [0.5, 0.6) is 11.5 Å². The topological polar surface area (TPSA) is 67.8 Å². The van der Waals surface area contributed by atoms with Crippen molar-refractivity contribution < 1.29 is 19.4 Å². The summed E-state index contributed by atoms with van der Waals surface area (Å²) in [6.45, 7) is 0.0153. The molecular formula is C20H17Cl2NO4S. The smallest absolute Gasteiger partial charge is 0.265 e. The molecule has 0 aliphatic heterocycles. The van der Waals surface area contributed by atoms with Gasteiger partial charge in [0, 0.05) is 5.69 Å². The summed E-state index contributed by atoms with van der Waals surface area (Å²) in [6.07, 6.45) is -0.870. The van der Waals surface area contributed by atoms with E-state index in [9.17, 15) is 9.90 Å². The highest BCUT2D eigenvalue weighted by Gasteiger charge is 2.12. The predicted octanol–water partition coefficient (Wildman–Crippen LogP) is 5.13. The van der Waals surface area contributed by atoms with Gasteiger partial charge in [-0.3, -0.25) is 4.79 Å². The van der Waals surface area contributed by atoms with Crippen LogP contribution in [0.3, 0.4) is 0 Å². The Labute approximate surface area is 176 Å². The minimum Gasteiger partial charge on any atom is -0.491 e. The zero-order chi connectivity index (χ0) is 19.9. The van der Waals surface area contributed by atoms with Crippen LogP contribution in [0.15, 0.2) is 60.0 Å². The summed E-state index contributed by atoms with van der Waals surface area (Å²) in [4.78, 5) is 12.7. The highest BCUT2D eigenvalue weighted by atomic mass is 35.5. The van der Waals surface area contributed by atoms with E-state index < -0.39 is 6.10 Å². The van der Waals surface area contributed by atoms with Crippen LogP contribution in [0.25, 0.3) is 0 Å². The van der Waals surface area contributed by atoms with Gasteiger partial charge in [-0.2, -0.15) is 0 Å². The molecule has 1 amide bonds. The Morgan fingerprint density at radius 3 is 2.32 bits per heavy atom. The third-order valence-electron chi connectivity index (χ3n) is 3.64. The number of aliphatic hydroxyl groups is 1. The Hall–Kier alpha value is -2.25. The Morgan fingerprint density at radius 2 is 1.68 bits per heavy atom.